The Labute approximate surface area is 185 Å². The molecule has 9 heteroatoms. The zero-order chi connectivity index (χ0) is 23.6. The summed E-state index contributed by atoms with van der Waals surface area (Å²) in [5.41, 5.74) is 1.88. The average molecular weight is 448 g/mol. The summed E-state index contributed by atoms with van der Waals surface area (Å²) in [6, 6.07) is 8.76. The topological polar surface area (TPSA) is 157 Å². The van der Waals surface area contributed by atoms with Gasteiger partial charge in [0.2, 0.25) is 6.29 Å². The molecule has 0 saturated carbocycles. The van der Waals surface area contributed by atoms with Crippen molar-refractivity contribution in [3.8, 4) is 17.2 Å². The Morgan fingerprint density at radius 2 is 1.69 bits per heavy atom. The minimum absolute atomic E-state index is 0.0336. The summed E-state index contributed by atoms with van der Waals surface area (Å²) in [7, 11) is 0. The number of carbonyl (C=O) groups is 1. The summed E-state index contributed by atoms with van der Waals surface area (Å²) in [4.78, 5) is 13.0. The number of aliphatic hydroxyl groups excluding tert-OH is 4. The third-order valence-corrected chi connectivity index (χ3v) is 5.62. The number of aryl methyl sites for hydroxylation is 2. The van der Waals surface area contributed by atoms with Crippen LogP contribution in [0.1, 0.15) is 33.5 Å². The van der Waals surface area contributed by atoms with Crippen molar-refractivity contribution in [3.63, 3.8) is 0 Å². The van der Waals surface area contributed by atoms with Crippen molar-refractivity contribution in [1.29, 1.82) is 0 Å². The normalized spacial score (nSPS) is 25.5. The highest BCUT2D eigenvalue weighted by Gasteiger charge is 2.45. The Morgan fingerprint density at radius 3 is 2.31 bits per heavy atom. The van der Waals surface area contributed by atoms with E-state index in [9.17, 15) is 35.4 Å². The van der Waals surface area contributed by atoms with Crippen LogP contribution in [0.4, 0.5) is 0 Å². The SMILES string of the molecule is Cc1ccc(CCC(=O)c2c(O[C@@H]3OC(CO)[C@@H](O)[C@H](O)C3O)cc(O)c(C)c2O)cc1. The van der Waals surface area contributed by atoms with Crippen LogP contribution in [0, 0.1) is 13.8 Å². The van der Waals surface area contributed by atoms with Gasteiger partial charge in [0.05, 0.1) is 6.61 Å². The number of benzene rings is 2. The van der Waals surface area contributed by atoms with Crippen LogP contribution in [0.5, 0.6) is 17.2 Å². The van der Waals surface area contributed by atoms with Crippen LogP contribution in [0.2, 0.25) is 0 Å². The number of aromatic hydroxyl groups is 2. The number of phenols is 2. The second-order valence-corrected chi connectivity index (χ2v) is 7.97. The molecule has 1 aliphatic rings. The molecule has 0 amide bonds. The van der Waals surface area contributed by atoms with E-state index >= 15 is 0 Å². The first-order valence-electron chi connectivity index (χ1n) is 10.3. The molecule has 3 rings (SSSR count). The fraction of sp³-hybridized carbons (Fsp3) is 0.435. The highest BCUT2D eigenvalue weighted by molar-refractivity contribution is 6.02. The highest BCUT2D eigenvalue weighted by atomic mass is 16.7. The molecule has 1 heterocycles. The lowest BCUT2D eigenvalue weighted by Crippen LogP contribution is -2.60. The summed E-state index contributed by atoms with van der Waals surface area (Å²) < 4.78 is 10.9. The number of ketones is 1. The Kier molecular flexibility index (Phi) is 7.37. The Hall–Kier alpha value is -2.69. The van der Waals surface area contributed by atoms with Gasteiger partial charge in [0.15, 0.2) is 5.78 Å². The van der Waals surface area contributed by atoms with Crippen LogP contribution < -0.4 is 4.74 Å². The number of hydrogen-bond acceptors (Lipinski definition) is 9. The fourth-order valence-corrected chi connectivity index (χ4v) is 3.52. The summed E-state index contributed by atoms with van der Waals surface area (Å²) in [6.45, 7) is 2.73. The maximum absolute atomic E-state index is 13.0. The first-order valence-corrected chi connectivity index (χ1v) is 10.3. The Morgan fingerprint density at radius 1 is 1.03 bits per heavy atom. The molecule has 174 valence electrons. The molecule has 1 aliphatic heterocycles. The van der Waals surface area contributed by atoms with E-state index in [-0.39, 0.29) is 29.0 Å². The van der Waals surface area contributed by atoms with Crippen molar-refractivity contribution in [1.82, 2.24) is 0 Å². The molecule has 5 atom stereocenters. The van der Waals surface area contributed by atoms with Gasteiger partial charge in [0.25, 0.3) is 0 Å². The predicted molar refractivity (Wildman–Crippen MR) is 113 cm³/mol. The van der Waals surface area contributed by atoms with Crippen LogP contribution in [0.3, 0.4) is 0 Å². The molecule has 0 aromatic heterocycles. The molecule has 2 aromatic carbocycles. The summed E-state index contributed by atoms with van der Waals surface area (Å²) in [5, 5.41) is 60.1. The number of rotatable bonds is 7. The van der Waals surface area contributed by atoms with E-state index in [0.717, 1.165) is 17.2 Å². The number of phenolic OH excluding ortho intramolecular Hbond substituents is 2. The summed E-state index contributed by atoms with van der Waals surface area (Å²) >= 11 is 0. The van der Waals surface area contributed by atoms with Gasteiger partial charge >= 0.3 is 0 Å². The molecule has 1 fully saturated rings. The van der Waals surface area contributed by atoms with E-state index in [1.165, 1.54) is 6.92 Å². The van der Waals surface area contributed by atoms with Crippen LogP contribution in [0.25, 0.3) is 0 Å². The number of aliphatic hydroxyl groups is 4. The minimum atomic E-state index is -1.71. The molecule has 1 saturated heterocycles. The molecule has 0 spiro atoms. The fourth-order valence-electron chi connectivity index (χ4n) is 3.52. The largest absolute Gasteiger partial charge is 0.507 e. The molecular formula is C23H28O9. The molecular weight excluding hydrogens is 420 g/mol. The third-order valence-electron chi connectivity index (χ3n) is 5.62. The lowest BCUT2D eigenvalue weighted by Gasteiger charge is -2.39. The third kappa shape index (κ3) is 4.87. The lowest BCUT2D eigenvalue weighted by molar-refractivity contribution is -0.277. The van der Waals surface area contributed by atoms with Crippen LogP contribution >= 0.6 is 0 Å². The van der Waals surface area contributed by atoms with Gasteiger partial charge in [-0.25, -0.2) is 0 Å². The predicted octanol–water partition coefficient (Wildman–Crippen LogP) is 0.709. The van der Waals surface area contributed by atoms with E-state index in [4.69, 9.17) is 9.47 Å². The number of carbonyl (C=O) groups excluding carboxylic acids is 1. The summed E-state index contributed by atoms with van der Waals surface area (Å²) in [6.07, 6.45) is -7.33. The molecule has 6 N–H and O–H groups in total. The second kappa shape index (κ2) is 9.85. The molecule has 2 aromatic rings. The van der Waals surface area contributed by atoms with Crippen LogP contribution in [-0.2, 0) is 11.2 Å². The second-order valence-electron chi connectivity index (χ2n) is 7.97. The lowest BCUT2D eigenvalue weighted by atomic mass is 9.97. The van der Waals surface area contributed by atoms with Crippen molar-refractivity contribution in [2.24, 2.45) is 0 Å². The van der Waals surface area contributed by atoms with Gasteiger partial charge in [0.1, 0.15) is 47.2 Å². The first kappa shape index (κ1) is 24.0. The van der Waals surface area contributed by atoms with Crippen molar-refractivity contribution in [2.45, 2.75) is 57.4 Å². The van der Waals surface area contributed by atoms with Gasteiger partial charge in [-0.1, -0.05) is 29.8 Å². The molecule has 2 unspecified atom stereocenters. The van der Waals surface area contributed by atoms with Crippen molar-refractivity contribution >= 4 is 5.78 Å². The minimum Gasteiger partial charge on any atom is -0.507 e. The van der Waals surface area contributed by atoms with Gasteiger partial charge in [0, 0.05) is 18.1 Å². The zero-order valence-electron chi connectivity index (χ0n) is 17.8. The van der Waals surface area contributed by atoms with Gasteiger partial charge in [-0.3, -0.25) is 4.79 Å². The highest BCUT2D eigenvalue weighted by Crippen LogP contribution is 2.39. The van der Waals surface area contributed by atoms with E-state index < -0.39 is 48.8 Å². The van der Waals surface area contributed by atoms with Crippen LogP contribution in [-0.4, -0.2) is 73.7 Å². The molecule has 0 aliphatic carbocycles. The van der Waals surface area contributed by atoms with Crippen molar-refractivity contribution in [2.75, 3.05) is 6.61 Å². The zero-order valence-corrected chi connectivity index (χ0v) is 17.8. The van der Waals surface area contributed by atoms with E-state index in [1.807, 2.05) is 31.2 Å². The maximum atomic E-state index is 13.0. The van der Waals surface area contributed by atoms with E-state index in [0.29, 0.717) is 6.42 Å². The standard InChI is InChI=1S/C23H28O9/c1-11-3-5-13(6-4-11)7-8-14(25)18-16(9-15(26)12(2)19(18)27)31-23-22(30)21(29)20(28)17(10-24)32-23/h3-6,9,17,20-24,26-30H,7-8,10H2,1-2H3/t17?,20-,21+,22?,23-/m1/s1. The number of ether oxygens (including phenoxy) is 2. The van der Waals surface area contributed by atoms with Crippen molar-refractivity contribution in [3.05, 3.63) is 52.6 Å². The smallest absolute Gasteiger partial charge is 0.229 e. The van der Waals surface area contributed by atoms with Crippen molar-refractivity contribution < 1.29 is 44.9 Å². The molecule has 9 nitrogen and oxygen atoms in total. The van der Waals surface area contributed by atoms with Gasteiger partial charge < -0.3 is 40.1 Å². The quantitative estimate of drug-likeness (QED) is 0.336. The van der Waals surface area contributed by atoms with E-state index in [1.54, 1.807) is 0 Å². The monoisotopic (exact) mass is 448 g/mol. The van der Waals surface area contributed by atoms with Crippen LogP contribution in [0.15, 0.2) is 30.3 Å². The number of Topliss-reactive ketones (excluding diaryl/α,β-unsaturated/α-hetero) is 1. The Balaban J connectivity index is 1.87. The van der Waals surface area contributed by atoms with Gasteiger partial charge in [-0.05, 0) is 25.8 Å². The van der Waals surface area contributed by atoms with Gasteiger partial charge in [-0.2, -0.15) is 0 Å². The maximum Gasteiger partial charge on any atom is 0.229 e. The van der Waals surface area contributed by atoms with E-state index in [2.05, 4.69) is 0 Å². The van der Waals surface area contributed by atoms with Gasteiger partial charge in [-0.15, -0.1) is 0 Å². The molecule has 32 heavy (non-hydrogen) atoms. The Bertz CT molecular complexity index is 955. The first-order chi connectivity index (χ1) is 15.1. The molecule has 0 bridgehead atoms. The molecule has 0 radical (unpaired) electrons. The summed E-state index contributed by atoms with van der Waals surface area (Å²) in [5.74, 6) is -1.55. The average Bonchev–Trinajstić information content (AvgIpc) is 2.77. The number of hydrogen-bond donors (Lipinski definition) is 6.